The Labute approximate surface area is 172 Å². The average molecular weight is 417 g/mol. The second-order valence-corrected chi connectivity index (χ2v) is 8.54. The number of anilines is 1. The van der Waals surface area contributed by atoms with Gasteiger partial charge in [-0.15, -0.1) is 0 Å². The molecule has 2 aromatic heterocycles. The molecule has 4 rings (SSSR count). The zero-order valence-corrected chi connectivity index (χ0v) is 17.5. The van der Waals surface area contributed by atoms with Crippen molar-refractivity contribution in [2.45, 2.75) is 46.2 Å². The van der Waals surface area contributed by atoms with Crippen molar-refractivity contribution in [3.05, 3.63) is 22.9 Å². The number of hydrogen-bond donors (Lipinski definition) is 2. The van der Waals surface area contributed by atoms with Gasteiger partial charge in [-0.25, -0.2) is 9.97 Å². The molecule has 1 atom stereocenters. The Morgan fingerprint density at radius 1 is 1.45 bits per heavy atom. The number of ether oxygens (including phenoxy) is 1. The number of carbonyl (C=O) groups excluding carboxylic acids is 2. The molecule has 1 aliphatic carbocycles. The number of thiazole rings is 1. The number of aliphatic hydroxyl groups is 1. The Hall–Kier alpha value is -2.52. The number of carbonyl (C=O) groups is 2. The number of rotatable bonds is 7. The molecule has 0 radical (unpaired) electrons. The molecule has 8 nitrogen and oxygen atoms in total. The van der Waals surface area contributed by atoms with Gasteiger partial charge in [0.05, 0.1) is 22.9 Å². The van der Waals surface area contributed by atoms with Crippen LogP contribution in [0.5, 0.6) is 5.88 Å². The van der Waals surface area contributed by atoms with Crippen LogP contribution in [0.1, 0.15) is 48.3 Å². The quantitative estimate of drug-likeness (QED) is 0.719. The van der Waals surface area contributed by atoms with E-state index in [1.54, 1.807) is 0 Å². The fourth-order valence-electron chi connectivity index (χ4n) is 3.69. The number of fused-ring (bicyclic) bond motifs is 1. The SMILES string of the molecule is CC(=O)Nc1nc(C)c(-c2cc3c(c(OCCO)n2)C(=O)N(C(C)C2CC2)C3)s1. The van der Waals surface area contributed by atoms with E-state index < -0.39 is 0 Å². The minimum atomic E-state index is -0.186. The Morgan fingerprint density at radius 3 is 2.86 bits per heavy atom. The standard InChI is InChI=1S/C20H24N4O4S/c1-10-17(29-20(21-10)22-12(3)26)15-8-14-9-24(11(2)13-4-5-13)19(27)16(14)18(23-15)28-7-6-25/h8,11,13,25H,4-7,9H2,1-3H3,(H,21,22,26). The highest BCUT2D eigenvalue weighted by Gasteiger charge is 2.40. The topological polar surface area (TPSA) is 105 Å². The van der Waals surface area contributed by atoms with E-state index in [0.29, 0.717) is 28.9 Å². The van der Waals surface area contributed by atoms with Gasteiger partial charge in [0, 0.05) is 19.5 Å². The van der Waals surface area contributed by atoms with Gasteiger partial charge in [0.1, 0.15) is 12.2 Å². The van der Waals surface area contributed by atoms with Gasteiger partial charge in [0.15, 0.2) is 5.13 Å². The predicted octanol–water partition coefficient (Wildman–Crippen LogP) is 2.60. The van der Waals surface area contributed by atoms with E-state index in [1.807, 2.05) is 17.9 Å². The van der Waals surface area contributed by atoms with Gasteiger partial charge in [-0.3, -0.25) is 9.59 Å². The second-order valence-electron chi connectivity index (χ2n) is 7.54. The molecule has 1 unspecified atom stereocenters. The largest absolute Gasteiger partial charge is 0.475 e. The molecule has 0 saturated heterocycles. The highest BCUT2D eigenvalue weighted by Crippen LogP contribution is 2.41. The van der Waals surface area contributed by atoms with Gasteiger partial charge >= 0.3 is 0 Å². The van der Waals surface area contributed by atoms with E-state index in [4.69, 9.17) is 4.74 Å². The van der Waals surface area contributed by atoms with Crippen molar-refractivity contribution in [2.75, 3.05) is 18.5 Å². The zero-order chi connectivity index (χ0) is 20.7. The van der Waals surface area contributed by atoms with Crippen molar-refractivity contribution in [2.24, 2.45) is 5.92 Å². The summed E-state index contributed by atoms with van der Waals surface area (Å²) in [6, 6.07) is 2.09. The molecule has 3 heterocycles. The van der Waals surface area contributed by atoms with E-state index in [-0.39, 0.29) is 36.9 Å². The molecule has 154 valence electrons. The van der Waals surface area contributed by atoms with E-state index in [0.717, 1.165) is 29.0 Å². The summed E-state index contributed by atoms with van der Waals surface area (Å²) in [5, 5.41) is 12.4. The number of pyridine rings is 1. The molecule has 1 fully saturated rings. The van der Waals surface area contributed by atoms with E-state index >= 15 is 0 Å². The molecular weight excluding hydrogens is 392 g/mol. The van der Waals surface area contributed by atoms with Gasteiger partial charge in [0.25, 0.3) is 5.91 Å². The number of nitrogens with zero attached hydrogens (tertiary/aromatic N) is 3. The van der Waals surface area contributed by atoms with Crippen molar-refractivity contribution in [3.63, 3.8) is 0 Å². The van der Waals surface area contributed by atoms with Crippen LogP contribution in [0.15, 0.2) is 6.07 Å². The molecular formula is C20H24N4O4S. The lowest BCUT2D eigenvalue weighted by Gasteiger charge is -2.23. The Balaban J connectivity index is 1.73. The molecule has 0 spiro atoms. The van der Waals surface area contributed by atoms with Crippen LogP contribution in [0.25, 0.3) is 10.6 Å². The second kappa shape index (κ2) is 7.72. The van der Waals surface area contributed by atoms with Crippen LogP contribution >= 0.6 is 11.3 Å². The van der Waals surface area contributed by atoms with E-state index in [2.05, 4.69) is 22.2 Å². The first kappa shape index (κ1) is 19.8. The van der Waals surface area contributed by atoms with Gasteiger partial charge in [0.2, 0.25) is 11.8 Å². The lowest BCUT2D eigenvalue weighted by molar-refractivity contribution is -0.114. The molecule has 2 aliphatic rings. The van der Waals surface area contributed by atoms with Gasteiger partial charge in [-0.1, -0.05) is 11.3 Å². The molecule has 0 bridgehead atoms. The number of aromatic nitrogens is 2. The number of nitrogens with one attached hydrogen (secondary N) is 1. The van der Waals surface area contributed by atoms with Crippen LogP contribution in [-0.4, -0.2) is 51.0 Å². The summed E-state index contributed by atoms with van der Waals surface area (Å²) in [6.45, 7) is 5.81. The first-order valence-corrected chi connectivity index (χ1v) is 10.5. The molecule has 9 heteroatoms. The van der Waals surface area contributed by atoms with Crippen molar-refractivity contribution < 1.29 is 19.4 Å². The minimum Gasteiger partial charge on any atom is -0.475 e. The molecule has 1 saturated carbocycles. The van der Waals surface area contributed by atoms with Crippen LogP contribution in [0.4, 0.5) is 5.13 Å². The Kier molecular flexibility index (Phi) is 5.26. The zero-order valence-electron chi connectivity index (χ0n) is 16.7. The summed E-state index contributed by atoms with van der Waals surface area (Å²) in [7, 11) is 0. The minimum absolute atomic E-state index is 0.0627. The molecule has 2 aromatic rings. The maximum absolute atomic E-state index is 13.1. The van der Waals surface area contributed by atoms with Crippen LogP contribution in [0.2, 0.25) is 0 Å². The smallest absolute Gasteiger partial charge is 0.260 e. The predicted molar refractivity (Wildman–Crippen MR) is 109 cm³/mol. The fraction of sp³-hybridized carbons (Fsp3) is 0.500. The molecule has 2 N–H and O–H groups in total. The third-order valence-electron chi connectivity index (χ3n) is 5.32. The van der Waals surface area contributed by atoms with Gasteiger partial charge in [-0.05, 0) is 44.2 Å². The van der Waals surface area contributed by atoms with Crippen molar-refractivity contribution in [1.29, 1.82) is 0 Å². The van der Waals surface area contributed by atoms with Gasteiger partial charge in [-0.2, -0.15) is 0 Å². The van der Waals surface area contributed by atoms with Crippen LogP contribution in [-0.2, 0) is 11.3 Å². The number of aryl methyl sites for hydroxylation is 1. The van der Waals surface area contributed by atoms with E-state index in [9.17, 15) is 14.7 Å². The van der Waals surface area contributed by atoms with Crippen molar-refractivity contribution in [1.82, 2.24) is 14.9 Å². The van der Waals surface area contributed by atoms with Crippen molar-refractivity contribution >= 4 is 28.3 Å². The number of aliphatic hydroxyl groups excluding tert-OH is 1. The summed E-state index contributed by atoms with van der Waals surface area (Å²) in [4.78, 5) is 36.1. The molecule has 1 aliphatic heterocycles. The van der Waals surface area contributed by atoms with Gasteiger partial charge < -0.3 is 20.1 Å². The first-order chi connectivity index (χ1) is 13.9. The molecule has 2 amide bonds. The lowest BCUT2D eigenvalue weighted by atomic mass is 10.1. The molecule has 29 heavy (non-hydrogen) atoms. The number of amides is 2. The average Bonchev–Trinajstić information content (AvgIpc) is 3.38. The third kappa shape index (κ3) is 3.84. The summed E-state index contributed by atoms with van der Waals surface area (Å²) in [5.41, 5.74) is 2.75. The third-order valence-corrected chi connectivity index (χ3v) is 6.42. The normalized spacial score (nSPS) is 16.7. The molecule has 0 aromatic carbocycles. The monoisotopic (exact) mass is 416 g/mol. The summed E-state index contributed by atoms with van der Waals surface area (Å²) < 4.78 is 5.65. The number of hydrogen-bond acceptors (Lipinski definition) is 7. The maximum Gasteiger partial charge on any atom is 0.260 e. The summed E-state index contributed by atoms with van der Waals surface area (Å²) in [5.74, 6) is 0.559. The maximum atomic E-state index is 13.1. The van der Waals surface area contributed by atoms with Crippen molar-refractivity contribution in [3.8, 4) is 16.5 Å². The lowest BCUT2D eigenvalue weighted by Crippen LogP contribution is -2.34. The van der Waals surface area contributed by atoms with Crippen LogP contribution in [0.3, 0.4) is 0 Å². The highest BCUT2D eigenvalue weighted by molar-refractivity contribution is 7.19. The van der Waals surface area contributed by atoms with Crippen LogP contribution in [0, 0.1) is 12.8 Å². The Bertz CT molecular complexity index is 970. The van der Waals surface area contributed by atoms with E-state index in [1.165, 1.54) is 18.3 Å². The summed E-state index contributed by atoms with van der Waals surface area (Å²) in [6.07, 6.45) is 2.31. The van der Waals surface area contributed by atoms with Crippen LogP contribution < -0.4 is 10.1 Å². The first-order valence-electron chi connectivity index (χ1n) is 9.73. The summed E-state index contributed by atoms with van der Waals surface area (Å²) >= 11 is 1.33. The Morgan fingerprint density at radius 2 is 2.21 bits per heavy atom. The highest BCUT2D eigenvalue weighted by atomic mass is 32.1. The fourth-order valence-corrected chi connectivity index (χ4v) is 4.66.